The Kier molecular flexibility index (Phi) is 5.87. The second-order valence-corrected chi connectivity index (χ2v) is 7.02. The SMILES string of the molecule is C#CCCC1(CCC(=O)N2CCN(C(C(N)=O)c3ccccc3)CC2)N=N1. The summed E-state index contributed by atoms with van der Waals surface area (Å²) in [5.41, 5.74) is 6.10. The number of terminal acetylenes is 1. The number of benzene rings is 1. The lowest BCUT2D eigenvalue weighted by Crippen LogP contribution is -2.51. The molecule has 2 heterocycles. The average Bonchev–Trinajstić information content (AvgIpc) is 3.46. The highest BCUT2D eigenvalue weighted by atomic mass is 16.2. The van der Waals surface area contributed by atoms with E-state index in [1.54, 1.807) is 0 Å². The summed E-state index contributed by atoms with van der Waals surface area (Å²) >= 11 is 0. The zero-order valence-corrected chi connectivity index (χ0v) is 15.4. The van der Waals surface area contributed by atoms with Crippen LogP contribution in [0.1, 0.15) is 37.3 Å². The molecule has 2 N–H and O–H groups in total. The Morgan fingerprint density at radius 2 is 1.81 bits per heavy atom. The van der Waals surface area contributed by atoms with Gasteiger partial charge in [0, 0.05) is 51.9 Å². The van der Waals surface area contributed by atoms with E-state index in [2.05, 4.69) is 16.1 Å². The summed E-state index contributed by atoms with van der Waals surface area (Å²) in [5, 5.41) is 8.15. The van der Waals surface area contributed by atoms with E-state index in [1.165, 1.54) is 0 Å². The lowest BCUT2D eigenvalue weighted by atomic mass is 10.0. The predicted molar refractivity (Wildman–Crippen MR) is 101 cm³/mol. The summed E-state index contributed by atoms with van der Waals surface area (Å²) in [6.07, 6.45) is 7.65. The molecule has 1 atom stereocenters. The Hall–Kier alpha value is -2.72. The van der Waals surface area contributed by atoms with Crippen molar-refractivity contribution in [2.75, 3.05) is 26.2 Å². The first-order valence-corrected chi connectivity index (χ1v) is 9.28. The molecule has 0 bridgehead atoms. The number of amides is 2. The summed E-state index contributed by atoms with van der Waals surface area (Å²) in [5.74, 6) is 2.33. The first-order chi connectivity index (χ1) is 13.0. The van der Waals surface area contributed by atoms with Crippen LogP contribution in [-0.4, -0.2) is 53.5 Å². The topological polar surface area (TPSA) is 91.4 Å². The van der Waals surface area contributed by atoms with Crippen LogP contribution in [0.3, 0.4) is 0 Å². The molecule has 0 radical (unpaired) electrons. The molecule has 2 amide bonds. The van der Waals surface area contributed by atoms with E-state index in [4.69, 9.17) is 12.2 Å². The Bertz CT molecular complexity index is 741. The van der Waals surface area contributed by atoms with Crippen molar-refractivity contribution in [1.82, 2.24) is 9.80 Å². The fraction of sp³-hybridized carbons (Fsp3) is 0.500. The molecule has 2 aliphatic heterocycles. The summed E-state index contributed by atoms with van der Waals surface area (Å²) < 4.78 is 0. The first-order valence-electron chi connectivity index (χ1n) is 9.28. The summed E-state index contributed by atoms with van der Waals surface area (Å²) in [7, 11) is 0. The van der Waals surface area contributed by atoms with Crippen molar-refractivity contribution in [3.63, 3.8) is 0 Å². The van der Waals surface area contributed by atoms with Crippen molar-refractivity contribution in [3.8, 4) is 12.3 Å². The highest BCUT2D eigenvalue weighted by molar-refractivity contribution is 5.81. The van der Waals surface area contributed by atoms with Crippen molar-refractivity contribution in [2.24, 2.45) is 16.0 Å². The van der Waals surface area contributed by atoms with Crippen LogP contribution in [-0.2, 0) is 9.59 Å². The van der Waals surface area contributed by atoms with Crippen LogP contribution in [0.15, 0.2) is 40.6 Å². The van der Waals surface area contributed by atoms with Gasteiger partial charge in [0.05, 0.1) is 0 Å². The average molecular weight is 367 g/mol. The number of hydrogen-bond donors (Lipinski definition) is 1. The summed E-state index contributed by atoms with van der Waals surface area (Å²) in [4.78, 5) is 28.4. The fourth-order valence-corrected chi connectivity index (χ4v) is 3.55. The molecule has 0 aromatic heterocycles. The minimum Gasteiger partial charge on any atom is -0.368 e. The molecule has 1 aromatic carbocycles. The molecule has 1 fully saturated rings. The molecule has 7 heteroatoms. The van der Waals surface area contributed by atoms with Crippen molar-refractivity contribution in [2.45, 2.75) is 37.4 Å². The number of piperazine rings is 1. The van der Waals surface area contributed by atoms with Gasteiger partial charge in [-0.05, 0) is 5.56 Å². The number of rotatable bonds is 8. The maximum atomic E-state index is 12.5. The maximum absolute atomic E-state index is 12.5. The number of hydrogen-bond acceptors (Lipinski definition) is 5. The van der Waals surface area contributed by atoms with Gasteiger partial charge in [0.15, 0.2) is 5.66 Å². The molecule has 27 heavy (non-hydrogen) atoms. The normalized spacial score (nSPS) is 19.3. The van der Waals surface area contributed by atoms with E-state index in [-0.39, 0.29) is 11.8 Å². The number of nitrogens with zero attached hydrogens (tertiary/aromatic N) is 4. The van der Waals surface area contributed by atoms with Gasteiger partial charge >= 0.3 is 0 Å². The van der Waals surface area contributed by atoms with Gasteiger partial charge < -0.3 is 10.6 Å². The van der Waals surface area contributed by atoms with Gasteiger partial charge in [-0.3, -0.25) is 14.5 Å². The third-order valence-corrected chi connectivity index (χ3v) is 5.21. The molecule has 7 nitrogen and oxygen atoms in total. The predicted octanol–water partition coefficient (Wildman–Crippen LogP) is 1.71. The highest BCUT2D eigenvalue weighted by Crippen LogP contribution is 2.37. The van der Waals surface area contributed by atoms with Gasteiger partial charge in [-0.1, -0.05) is 30.3 Å². The van der Waals surface area contributed by atoms with Crippen molar-refractivity contribution >= 4 is 11.8 Å². The van der Waals surface area contributed by atoms with E-state index >= 15 is 0 Å². The third-order valence-electron chi connectivity index (χ3n) is 5.21. The van der Waals surface area contributed by atoms with E-state index in [0.29, 0.717) is 51.9 Å². The van der Waals surface area contributed by atoms with Crippen LogP contribution in [0, 0.1) is 12.3 Å². The van der Waals surface area contributed by atoms with Crippen LogP contribution >= 0.6 is 0 Å². The molecule has 0 aliphatic carbocycles. The van der Waals surface area contributed by atoms with Crippen LogP contribution in [0.5, 0.6) is 0 Å². The number of carbonyl (C=O) groups is 2. The standard InChI is InChI=1S/C20H25N5O2/c1-2-3-10-20(22-23-20)11-9-17(26)24-12-14-25(15-13-24)18(19(21)27)16-7-5-4-6-8-16/h1,4-8,18H,3,9-15H2,(H2,21,27). The molecule has 0 saturated carbocycles. The van der Waals surface area contributed by atoms with Gasteiger partial charge in [0.2, 0.25) is 11.8 Å². The third kappa shape index (κ3) is 4.72. The van der Waals surface area contributed by atoms with Crippen LogP contribution in [0.4, 0.5) is 0 Å². The quantitative estimate of drug-likeness (QED) is 0.709. The van der Waals surface area contributed by atoms with Gasteiger partial charge in [0.1, 0.15) is 6.04 Å². The lowest BCUT2D eigenvalue weighted by molar-refractivity contribution is -0.134. The minimum atomic E-state index is -0.459. The highest BCUT2D eigenvalue weighted by Gasteiger charge is 2.40. The Morgan fingerprint density at radius 1 is 1.15 bits per heavy atom. The second kappa shape index (κ2) is 8.31. The molecule has 1 unspecified atom stereocenters. The van der Waals surface area contributed by atoms with Gasteiger partial charge in [-0.25, -0.2) is 0 Å². The molecule has 1 aromatic rings. The molecule has 2 aliphatic rings. The molecular weight excluding hydrogens is 342 g/mol. The van der Waals surface area contributed by atoms with Crippen molar-refractivity contribution < 1.29 is 9.59 Å². The molecule has 142 valence electrons. The second-order valence-electron chi connectivity index (χ2n) is 7.02. The van der Waals surface area contributed by atoms with Crippen LogP contribution in [0.2, 0.25) is 0 Å². The number of primary amides is 1. The van der Waals surface area contributed by atoms with E-state index < -0.39 is 11.7 Å². The van der Waals surface area contributed by atoms with E-state index in [0.717, 1.165) is 5.56 Å². The van der Waals surface area contributed by atoms with Gasteiger partial charge in [0.25, 0.3) is 0 Å². The van der Waals surface area contributed by atoms with Crippen LogP contribution < -0.4 is 5.73 Å². The molecule has 0 spiro atoms. The molecule has 1 saturated heterocycles. The summed E-state index contributed by atoms with van der Waals surface area (Å²) in [6, 6.07) is 9.06. The largest absolute Gasteiger partial charge is 0.368 e. The first kappa shape index (κ1) is 19.1. The van der Waals surface area contributed by atoms with Crippen molar-refractivity contribution in [1.29, 1.82) is 0 Å². The Labute approximate surface area is 159 Å². The lowest BCUT2D eigenvalue weighted by Gasteiger charge is -2.38. The zero-order valence-electron chi connectivity index (χ0n) is 15.4. The van der Waals surface area contributed by atoms with E-state index in [9.17, 15) is 9.59 Å². The minimum absolute atomic E-state index is 0.0994. The zero-order chi connectivity index (χ0) is 19.3. The summed E-state index contributed by atoms with van der Waals surface area (Å²) in [6.45, 7) is 2.40. The van der Waals surface area contributed by atoms with Crippen LogP contribution in [0.25, 0.3) is 0 Å². The number of carbonyl (C=O) groups excluding carboxylic acids is 2. The smallest absolute Gasteiger partial charge is 0.239 e. The van der Waals surface area contributed by atoms with Crippen molar-refractivity contribution in [3.05, 3.63) is 35.9 Å². The van der Waals surface area contributed by atoms with E-state index in [1.807, 2.05) is 40.1 Å². The molecular formula is C20H25N5O2. The molecule has 3 rings (SSSR count). The van der Waals surface area contributed by atoms with Gasteiger partial charge in [-0.2, -0.15) is 10.2 Å². The maximum Gasteiger partial charge on any atom is 0.239 e. The Morgan fingerprint density at radius 3 is 2.37 bits per heavy atom. The monoisotopic (exact) mass is 367 g/mol. The number of nitrogens with two attached hydrogens (primary N) is 1. The Balaban J connectivity index is 1.50. The fourth-order valence-electron chi connectivity index (χ4n) is 3.55. The van der Waals surface area contributed by atoms with Gasteiger partial charge in [-0.15, -0.1) is 12.3 Å².